The summed E-state index contributed by atoms with van der Waals surface area (Å²) < 4.78 is 34.4. The van der Waals surface area contributed by atoms with Crippen molar-refractivity contribution in [3.8, 4) is 11.5 Å². The molecule has 1 aliphatic heterocycles. The van der Waals surface area contributed by atoms with Crippen molar-refractivity contribution in [1.29, 1.82) is 0 Å². The van der Waals surface area contributed by atoms with E-state index in [1.54, 1.807) is 14.2 Å². The molecule has 1 fully saturated rings. The van der Waals surface area contributed by atoms with Crippen LogP contribution in [0.2, 0.25) is 19.6 Å². The van der Waals surface area contributed by atoms with Crippen molar-refractivity contribution in [2.75, 3.05) is 33.7 Å². The number of epoxide rings is 1. The van der Waals surface area contributed by atoms with Crippen LogP contribution < -0.4 is 9.47 Å². The molecule has 1 saturated heterocycles. The quantitative estimate of drug-likeness (QED) is 0.324. The molecule has 0 N–H and O–H groups in total. The highest BCUT2D eigenvalue weighted by Gasteiger charge is 2.40. The first-order chi connectivity index (χ1) is 15.1. The second-order valence-corrected chi connectivity index (χ2v) is 16.3. The van der Waals surface area contributed by atoms with Crippen molar-refractivity contribution in [2.45, 2.75) is 45.0 Å². The molecular formula is C24H36O6Si2. The molecule has 0 radical (unpaired) electrons. The topological polar surface area (TPSA) is 58.7 Å². The third-order valence-electron chi connectivity index (χ3n) is 5.88. The van der Waals surface area contributed by atoms with Gasteiger partial charge in [0.15, 0.2) is 0 Å². The molecule has 32 heavy (non-hydrogen) atoms. The molecule has 0 aliphatic carbocycles. The lowest BCUT2D eigenvalue weighted by atomic mass is 9.78. The van der Waals surface area contributed by atoms with Gasteiger partial charge in [0.05, 0.1) is 6.61 Å². The molecule has 3 rings (SSSR count). The lowest BCUT2D eigenvalue weighted by Gasteiger charge is -2.32. The third kappa shape index (κ3) is 6.66. The van der Waals surface area contributed by atoms with E-state index < -0.39 is 17.1 Å². The lowest BCUT2D eigenvalue weighted by Crippen LogP contribution is -2.53. The molecule has 0 bridgehead atoms. The number of benzene rings is 2. The van der Waals surface area contributed by atoms with E-state index in [-0.39, 0.29) is 11.5 Å². The van der Waals surface area contributed by atoms with Gasteiger partial charge in [0.1, 0.15) is 30.4 Å². The summed E-state index contributed by atoms with van der Waals surface area (Å²) in [4.78, 5) is 0. The van der Waals surface area contributed by atoms with Gasteiger partial charge in [-0.25, -0.2) is 0 Å². The average Bonchev–Trinajstić information content (AvgIpc) is 3.61. The maximum atomic E-state index is 6.22. The molecule has 2 atom stereocenters. The fraction of sp³-hybridized carbons (Fsp3) is 0.500. The van der Waals surface area contributed by atoms with Crippen LogP contribution in [-0.4, -0.2) is 56.9 Å². The Kier molecular flexibility index (Phi) is 7.85. The monoisotopic (exact) mass is 476 g/mol. The van der Waals surface area contributed by atoms with Crippen LogP contribution in [0.3, 0.4) is 0 Å². The first-order valence-electron chi connectivity index (χ1n) is 11.0. The molecular weight excluding hydrogens is 440 g/mol. The molecule has 6 nitrogen and oxygen atoms in total. The predicted molar refractivity (Wildman–Crippen MR) is 130 cm³/mol. The van der Waals surface area contributed by atoms with E-state index in [1.165, 1.54) is 11.1 Å². The Morgan fingerprint density at radius 1 is 0.844 bits per heavy atom. The van der Waals surface area contributed by atoms with Crippen molar-refractivity contribution in [2.24, 2.45) is 0 Å². The maximum absolute atomic E-state index is 6.22. The number of hydrogen-bond acceptors (Lipinski definition) is 6. The molecule has 2 aromatic carbocycles. The van der Waals surface area contributed by atoms with E-state index >= 15 is 0 Å². The number of ether oxygens (including phenoxy) is 3. The molecule has 2 aromatic rings. The van der Waals surface area contributed by atoms with Gasteiger partial charge < -0.3 is 27.2 Å². The van der Waals surface area contributed by atoms with Crippen molar-refractivity contribution in [1.82, 2.24) is 0 Å². The molecule has 2 unspecified atom stereocenters. The number of rotatable bonds is 12. The molecule has 0 saturated carbocycles. The van der Waals surface area contributed by atoms with E-state index in [4.69, 9.17) is 27.2 Å². The zero-order chi connectivity index (χ0) is 23.4. The van der Waals surface area contributed by atoms with Gasteiger partial charge in [0, 0.05) is 19.6 Å². The summed E-state index contributed by atoms with van der Waals surface area (Å²) in [5.74, 6) is 1.67. The van der Waals surface area contributed by atoms with E-state index in [2.05, 4.69) is 38.1 Å². The van der Waals surface area contributed by atoms with Gasteiger partial charge in [0.25, 0.3) is 0 Å². The van der Waals surface area contributed by atoms with E-state index in [1.807, 2.05) is 43.9 Å². The summed E-state index contributed by atoms with van der Waals surface area (Å²) in [7, 11) is -1.34. The Balaban J connectivity index is 1.62. The Morgan fingerprint density at radius 2 is 1.34 bits per heavy atom. The summed E-state index contributed by atoms with van der Waals surface area (Å²) in [6, 6.07) is 16.6. The first-order valence-corrected chi connectivity index (χ1v) is 16.3. The average molecular weight is 477 g/mol. The van der Waals surface area contributed by atoms with Crippen LogP contribution in [0.4, 0.5) is 0 Å². The summed E-state index contributed by atoms with van der Waals surface area (Å²) in [5, 5.41) is 0. The van der Waals surface area contributed by atoms with Crippen molar-refractivity contribution in [3.05, 3.63) is 59.7 Å². The fourth-order valence-electron chi connectivity index (χ4n) is 3.36. The highest BCUT2D eigenvalue weighted by Crippen LogP contribution is 2.33. The van der Waals surface area contributed by atoms with Gasteiger partial charge in [-0.2, -0.15) is 0 Å². The minimum Gasteiger partial charge on any atom is -0.492 e. The van der Waals surface area contributed by atoms with Gasteiger partial charge in [-0.15, -0.1) is 0 Å². The standard InChI is InChI=1S/C24H36O6Si2/c1-24(2,19-8-12-21(13-9-19)27-16-23-17-28-23)20-10-14-22(15-11-20)29-18-32(7,26-4)30-31(5,6)25-3/h8-15,23H,16-18H2,1-7H3. The predicted octanol–water partition coefficient (Wildman–Crippen LogP) is 4.79. The third-order valence-corrected chi connectivity index (χ3v) is 12.1. The number of hydrogen-bond donors (Lipinski definition) is 0. The van der Waals surface area contributed by atoms with Crippen LogP contribution in [0.15, 0.2) is 48.5 Å². The molecule has 1 heterocycles. The van der Waals surface area contributed by atoms with Gasteiger partial charge in [-0.05, 0) is 55.0 Å². The van der Waals surface area contributed by atoms with Crippen molar-refractivity contribution < 1.29 is 27.2 Å². The Labute approximate surface area is 194 Å². The Bertz CT molecular complexity index is 865. The van der Waals surface area contributed by atoms with Crippen molar-refractivity contribution >= 4 is 17.1 Å². The van der Waals surface area contributed by atoms with Crippen LogP contribution in [0, 0.1) is 0 Å². The molecule has 0 spiro atoms. The molecule has 8 heteroatoms. The minimum atomic E-state index is -2.49. The van der Waals surface area contributed by atoms with Crippen LogP contribution in [0.25, 0.3) is 0 Å². The fourth-order valence-corrected chi connectivity index (χ4v) is 8.97. The van der Waals surface area contributed by atoms with E-state index in [9.17, 15) is 0 Å². The lowest BCUT2D eigenvalue weighted by molar-refractivity contribution is 0.216. The molecule has 0 amide bonds. The van der Waals surface area contributed by atoms with Gasteiger partial charge in [0.2, 0.25) is 0 Å². The van der Waals surface area contributed by atoms with Crippen molar-refractivity contribution in [3.63, 3.8) is 0 Å². The largest absolute Gasteiger partial charge is 0.492 e. The van der Waals surface area contributed by atoms with E-state index in [0.717, 1.165) is 18.1 Å². The molecule has 0 aromatic heterocycles. The van der Waals surface area contributed by atoms with Crippen LogP contribution >= 0.6 is 0 Å². The van der Waals surface area contributed by atoms with Gasteiger partial charge in [-0.3, -0.25) is 0 Å². The Morgan fingerprint density at radius 3 is 1.78 bits per heavy atom. The second kappa shape index (κ2) is 10.1. The van der Waals surface area contributed by atoms with E-state index in [0.29, 0.717) is 12.8 Å². The minimum absolute atomic E-state index is 0.149. The van der Waals surface area contributed by atoms with Gasteiger partial charge >= 0.3 is 17.1 Å². The smallest absolute Gasteiger partial charge is 0.364 e. The summed E-state index contributed by atoms with van der Waals surface area (Å²) in [6.07, 6.45) is 0.663. The highest BCUT2D eigenvalue weighted by molar-refractivity contribution is 6.79. The summed E-state index contributed by atoms with van der Waals surface area (Å²) in [5.41, 5.74) is 2.28. The van der Waals surface area contributed by atoms with Crippen LogP contribution in [-0.2, 0) is 23.1 Å². The van der Waals surface area contributed by atoms with Crippen LogP contribution in [0.5, 0.6) is 11.5 Å². The molecule has 176 valence electrons. The Hall–Kier alpha value is -1.69. The zero-order valence-corrected chi connectivity index (χ0v) is 22.3. The summed E-state index contributed by atoms with van der Waals surface area (Å²) >= 11 is 0. The zero-order valence-electron chi connectivity index (χ0n) is 20.3. The summed E-state index contributed by atoms with van der Waals surface area (Å²) in [6.45, 7) is 11.9. The maximum Gasteiger partial charge on any atom is 0.364 e. The van der Waals surface area contributed by atoms with Crippen LogP contribution in [0.1, 0.15) is 25.0 Å². The normalized spacial score (nSPS) is 18.2. The highest BCUT2D eigenvalue weighted by atomic mass is 28.5. The molecule has 1 aliphatic rings. The second-order valence-electron chi connectivity index (χ2n) is 9.27. The first kappa shape index (κ1) is 24.9. The van der Waals surface area contributed by atoms with Gasteiger partial charge in [-0.1, -0.05) is 38.1 Å². The SMILES string of the molecule is CO[Si](C)(C)O[Si](C)(COc1ccc(C(C)(C)c2ccc(OCC3CO3)cc2)cc1)OC.